The van der Waals surface area contributed by atoms with Gasteiger partial charge in [-0.1, -0.05) is 36.0 Å². The van der Waals surface area contributed by atoms with E-state index in [1.807, 2.05) is 48.5 Å². The molecule has 0 saturated carbocycles. The minimum absolute atomic E-state index is 0.105. The van der Waals surface area contributed by atoms with Crippen molar-refractivity contribution in [3.8, 4) is 11.5 Å². The summed E-state index contributed by atoms with van der Waals surface area (Å²) in [5, 5.41) is 11.3. The highest BCUT2D eigenvalue weighted by atomic mass is 79.9. The van der Waals surface area contributed by atoms with Crippen molar-refractivity contribution in [2.75, 3.05) is 48.4 Å². The molecule has 0 atom stereocenters. The van der Waals surface area contributed by atoms with Gasteiger partial charge in [0.15, 0.2) is 0 Å². The third-order valence-electron chi connectivity index (χ3n) is 5.06. The van der Waals surface area contributed by atoms with Crippen LogP contribution in [0.25, 0.3) is 11.5 Å². The number of rotatable bonds is 7. The molecule has 1 amide bonds. The predicted molar refractivity (Wildman–Crippen MR) is 132 cm³/mol. The Kier molecular flexibility index (Phi) is 7.37. The second kappa shape index (κ2) is 10.2. The normalized spacial score (nSPS) is 14.9. The number of amides is 1. The van der Waals surface area contributed by atoms with Crippen molar-refractivity contribution in [1.29, 1.82) is 0 Å². The Hall–Kier alpha value is -2.41. The summed E-state index contributed by atoms with van der Waals surface area (Å²) in [6.07, 6.45) is 1.22. The van der Waals surface area contributed by atoms with Gasteiger partial charge < -0.3 is 14.6 Å². The van der Waals surface area contributed by atoms with Gasteiger partial charge in [0.2, 0.25) is 21.8 Å². The molecule has 0 bridgehead atoms. The Bertz CT molecular complexity index is 1240. The van der Waals surface area contributed by atoms with Crippen LogP contribution in [0.5, 0.6) is 0 Å². The smallest absolute Gasteiger partial charge is 0.277 e. The fraction of sp³-hybridized carbons (Fsp3) is 0.286. The van der Waals surface area contributed by atoms with Gasteiger partial charge in [-0.3, -0.25) is 4.79 Å². The molecule has 1 aliphatic heterocycles. The molecule has 2 heterocycles. The van der Waals surface area contributed by atoms with Crippen LogP contribution in [0, 0.1) is 0 Å². The maximum atomic E-state index is 12.6. The highest BCUT2D eigenvalue weighted by Crippen LogP contribution is 2.30. The van der Waals surface area contributed by atoms with Crippen molar-refractivity contribution in [2.24, 2.45) is 0 Å². The van der Waals surface area contributed by atoms with E-state index in [2.05, 4.69) is 36.3 Å². The van der Waals surface area contributed by atoms with E-state index in [0.29, 0.717) is 43.0 Å². The van der Waals surface area contributed by atoms with E-state index in [1.54, 1.807) is 0 Å². The molecule has 1 fully saturated rings. The van der Waals surface area contributed by atoms with Gasteiger partial charge in [-0.15, -0.1) is 10.2 Å². The summed E-state index contributed by atoms with van der Waals surface area (Å²) in [7, 11) is -3.20. The molecule has 174 valence electrons. The lowest BCUT2D eigenvalue weighted by atomic mass is 10.2. The Morgan fingerprint density at radius 1 is 1.09 bits per heavy atom. The van der Waals surface area contributed by atoms with Crippen molar-refractivity contribution in [3.05, 3.63) is 53.0 Å². The van der Waals surface area contributed by atoms with Crippen LogP contribution in [-0.4, -0.2) is 67.0 Å². The van der Waals surface area contributed by atoms with Crippen LogP contribution in [0.2, 0.25) is 0 Å². The van der Waals surface area contributed by atoms with E-state index in [1.165, 1.54) is 10.6 Å². The van der Waals surface area contributed by atoms with E-state index in [4.69, 9.17) is 4.42 Å². The van der Waals surface area contributed by atoms with Crippen LogP contribution in [0.3, 0.4) is 0 Å². The van der Waals surface area contributed by atoms with Gasteiger partial charge >= 0.3 is 0 Å². The summed E-state index contributed by atoms with van der Waals surface area (Å²) in [5.41, 5.74) is 2.32. The van der Waals surface area contributed by atoms with Gasteiger partial charge in [-0.05, 0) is 40.2 Å². The first kappa shape index (κ1) is 23.7. The Morgan fingerprint density at radius 2 is 1.79 bits per heavy atom. The van der Waals surface area contributed by atoms with Crippen molar-refractivity contribution in [1.82, 2.24) is 14.5 Å². The average Bonchev–Trinajstić information content (AvgIpc) is 3.27. The topological polar surface area (TPSA) is 109 Å². The maximum Gasteiger partial charge on any atom is 0.277 e. The number of para-hydroxylation sites is 2. The van der Waals surface area contributed by atoms with Gasteiger partial charge in [-0.2, -0.15) is 4.31 Å². The van der Waals surface area contributed by atoms with Gasteiger partial charge in [0, 0.05) is 30.7 Å². The fourth-order valence-electron chi connectivity index (χ4n) is 3.44. The highest BCUT2D eigenvalue weighted by Gasteiger charge is 2.25. The monoisotopic (exact) mass is 551 g/mol. The van der Waals surface area contributed by atoms with Crippen molar-refractivity contribution >= 4 is 55.0 Å². The SMILES string of the molecule is CS(=O)(=O)N1CCN(c2ccccc2NC(=O)CSc2nnc(-c3ccccc3Br)o2)CC1. The third-order valence-corrected chi connectivity index (χ3v) is 7.88. The van der Waals surface area contributed by atoms with Crippen LogP contribution >= 0.6 is 27.7 Å². The first-order valence-corrected chi connectivity index (χ1v) is 13.7. The van der Waals surface area contributed by atoms with E-state index < -0.39 is 10.0 Å². The zero-order chi connectivity index (χ0) is 23.4. The molecule has 2 aromatic carbocycles. The maximum absolute atomic E-state index is 12.6. The number of piperazine rings is 1. The minimum Gasteiger partial charge on any atom is -0.411 e. The molecular formula is C21H22BrN5O4S2. The van der Waals surface area contributed by atoms with Crippen LogP contribution in [0.15, 0.2) is 62.6 Å². The summed E-state index contributed by atoms with van der Waals surface area (Å²) >= 11 is 4.62. The first-order chi connectivity index (χ1) is 15.8. The molecule has 4 rings (SSSR count). The average molecular weight is 552 g/mol. The molecule has 33 heavy (non-hydrogen) atoms. The summed E-state index contributed by atoms with van der Waals surface area (Å²) in [6.45, 7) is 1.92. The number of thioether (sulfide) groups is 1. The van der Waals surface area contributed by atoms with Crippen LogP contribution in [-0.2, 0) is 14.8 Å². The van der Waals surface area contributed by atoms with E-state index >= 15 is 0 Å². The number of nitrogens with zero attached hydrogens (tertiary/aromatic N) is 4. The largest absolute Gasteiger partial charge is 0.411 e. The third kappa shape index (κ3) is 5.94. The summed E-state index contributed by atoms with van der Waals surface area (Å²) in [4.78, 5) is 14.7. The number of nitrogens with one attached hydrogen (secondary N) is 1. The van der Waals surface area contributed by atoms with Crippen molar-refractivity contribution < 1.29 is 17.6 Å². The van der Waals surface area contributed by atoms with E-state index in [-0.39, 0.29) is 11.7 Å². The molecule has 1 aliphatic rings. The number of hydrogen-bond donors (Lipinski definition) is 1. The molecule has 0 unspecified atom stereocenters. The molecule has 0 radical (unpaired) electrons. The van der Waals surface area contributed by atoms with Gasteiger partial charge in [0.1, 0.15) is 0 Å². The van der Waals surface area contributed by atoms with Gasteiger partial charge in [-0.25, -0.2) is 8.42 Å². The molecule has 0 aliphatic carbocycles. The quantitative estimate of drug-likeness (QED) is 0.445. The van der Waals surface area contributed by atoms with E-state index in [0.717, 1.165) is 27.5 Å². The number of hydrogen-bond acceptors (Lipinski definition) is 8. The van der Waals surface area contributed by atoms with Gasteiger partial charge in [0.25, 0.3) is 5.22 Å². The Morgan fingerprint density at radius 3 is 2.52 bits per heavy atom. The number of sulfonamides is 1. The molecule has 1 aromatic heterocycles. The highest BCUT2D eigenvalue weighted by molar-refractivity contribution is 9.10. The molecular weight excluding hydrogens is 530 g/mol. The Labute approximate surface area is 204 Å². The van der Waals surface area contributed by atoms with Crippen molar-refractivity contribution in [3.63, 3.8) is 0 Å². The number of anilines is 2. The minimum atomic E-state index is -3.20. The second-order valence-electron chi connectivity index (χ2n) is 7.36. The zero-order valence-electron chi connectivity index (χ0n) is 17.8. The number of aromatic nitrogens is 2. The molecule has 1 N–H and O–H groups in total. The van der Waals surface area contributed by atoms with Gasteiger partial charge in [0.05, 0.1) is 28.9 Å². The Balaban J connectivity index is 1.36. The molecule has 9 nitrogen and oxygen atoms in total. The summed E-state index contributed by atoms with van der Waals surface area (Å²) in [5.74, 6) is 0.278. The lowest BCUT2D eigenvalue weighted by Crippen LogP contribution is -2.48. The number of carbonyl (C=O) groups excluding carboxylic acids is 1. The fourth-order valence-corrected chi connectivity index (χ4v) is 5.29. The molecule has 0 spiro atoms. The second-order valence-corrected chi connectivity index (χ2v) is 11.1. The number of benzene rings is 2. The number of carbonyl (C=O) groups is 1. The molecule has 3 aromatic rings. The lowest BCUT2D eigenvalue weighted by molar-refractivity contribution is -0.113. The summed E-state index contributed by atoms with van der Waals surface area (Å²) < 4.78 is 31.5. The van der Waals surface area contributed by atoms with Crippen molar-refractivity contribution in [2.45, 2.75) is 5.22 Å². The molecule has 12 heteroatoms. The van der Waals surface area contributed by atoms with E-state index in [9.17, 15) is 13.2 Å². The number of halogens is 1. The molecule has 1 saturated heterocycles. The first-order valence-electron chi connectivity index (χ1n) is 10.1. The van der Waals surface area contributed by atoms with Crippen LogP contribution < -0.4 is 10.2 Å². The zero-order valence-corrected chi connectivity index (χ0v) is 21.0. The van der Waals surface area contributed by atoms with Crippen LogP contribution in [0.4, 0.5) is 11.4 Å². The predicted octanol–water partition coefficient (Wildman–Crippen LogP) is 3.31. The van der Waals surface area contributed by atoms with Crippen LogP contribution in [0.1, 0.15) is 0 Å². The standard InChI is InChI=1S/C21H22BrN5O4S2/c1-33(29,30)27-12-10-26(11-13-27)18-9-5-4-8-17(18)23-19(28)14-32-21-25-24-20(31-21)15-6-2-3-7-16(15)22/h2-9H,10-14H2,1H3,(H,23,28). The lowest BCUT2D eigenvalue weighted by Gasteiger charge is -2.35. The summed E-state index contributed by atoms with van der Waals surface area (Å²) in [6, 6.07) is 15.0.